The van der Waals surface area contributed by atoms with Crippen molar-refractivity contribution < 1.29 is 12.8 Å². The molecule has 21 heavy (non-hydrogen) atoms. The monoisotopic (exact) mass is 323 g/mol. The molecule has 6 nitrogen and oxygen atoms in total. The summed E-state index contributed by atoms with van der Waals surface area (Å²) in [6.07, 6.45) is 2.86. The largest absolute Gasteiger partial charge is 0.428 e. The van der Waals surface area contributed by atoms with E-state index in [0.29, 0.717) is 22.4 Å². The number of hydrogen-bond donors (Lipinski definition) is 1. The highest BCUT2D eigenvalue weighted by Crippen LogP contribution is 2.25. The van der Waals surface area contributed by atoms with Gasteiger partial charge in [0.05, 0.1) is 10.8 Å². The van der Waals surface area contributed by atoms with Crippen LogP contribution < -0.4 is 5.73 Å². The molecule has 0 unspecified atom stereocenters. The first-order valence-corrected chi connectivity index (χ1v) is 7.96. The van der Waals surface area contributed by atoms with Crippen LogP contribution in [0.2, 0.25) is 5.02 Å². The summed E-state index contributed by atoms with van der Waals surface area (Å²) in [5.41, 5.74) is 7.31. The number of fused-ring (bicyclic) bond motifs is 1. The molecule has 0 spiro atoms. The van der Waals surface area contributed by atoms with Crippen molar-refractivity contribution in [1.29, 1.82) is 0 Å². The topological polar surface area (TPSA) is 99.1 Å². The van der Waals surface area contributed by atoms with Crippen molar-refractivity contribution in [2.75, 3.05) is 5.73 Å². The molecule has 108 valence electrons. The minimum Gasteiger partial charge on any atom is -0.428 e. The van der Waals surface area contributed by atoms with Crippen molar-refractivity contribution >= 4 is 38.2 Å². The second-order valence-corrected chi connectivity index (χ2v) is 6.71. The number of nitrogens with zero attached hydrogens (tertiary/aromatic N) is 2. The number of rotatable bonds is 3. The van der Waals surface area contributed by atoms with E-state index in [9.17, 15) is 8.42 Å². The van der Waals surface area contributed by atoms with Crippen molar-refractivity contribution in [3.63, 3.8) is 0 Å². The molecule has 0 saturated heterocycles. The van der Waals surface area contributed by atoms with Gasteiger partial charge < -0.3 is 10.2 Å². The zero-order valence-electron chi connectivity index (χ0n) is 10.7. The lowest BCUT2D eigenvalue weighted by Gasteiger charge is -2.02. The summed E-state index contributed by atoms with van der Waals surface area (Å²) in [6, 6.07) is 6.29. The first-order chi connectivity index (χ1) is 9.95. The first-order valence-electron chi connectivity index (χ1n) is 5.93. The maximum atomic E-state index is 12.3. The lowest BCUT2D eigenvalue weighted by Crippen LogP contribution is -2.05. The summed E-state index contributed by atoms with van der Waals surface area (Å²) in [6.45, 7) is 0. The van der Waals surface area contributed by atoms with Crippen LogP contribution in [0.25, 0.3) is 11.1 Å². The third-order valence-corrected chi connectivity index (χ3v) is 4.60. The highest BCUT2D eigenvalue weighted by molar-refractivity contribution is 7.90. The van der Waals surface area contributed by atoms with Gasteiger partial charge in [-0.05, 0) is 29.8 Å². The highest BCUT2D eigenvalue weighted by atomic mass is 35.5. The third-order valence-electron chi connectivity index (χ3n) is 2.86. The Balaban J connectivity index is 2.02. The number of aromatic nitrogens is 2. The Bertz CT molecular complexity index is 921. The van der Waals surface area contributed by atoms with Crippen LogP contribution in [0.1, 0.15) is 5.56 Å². The number of oxazole rings is 1. The molecule has 8 heteroatoms. The van der Waals surface area contributed by atoms with Gasteiger partial charge >= 0.3 is 5.22 Å². The number of benzene rings is 1. The normalized spacial score (nSPS) is 11.9. The zero-order valence-corrected chi connectivity index (χ0v) is 12.2. The minimum atomic E-state index is -3.74. The summed E-state index contributed by atoms with van der Waals surface area (Å²) in [5.74, 6) is -0.309. The second kappa shape index (κ2) is 5.01. The molecule has 0 aliphatic heterocycles. The minimum absolute atomic E-state index is 0.279. The molecule has 0 atom stereocenters. The number of halogens is 1. The summed E-state index contributed by atoms with van der Waals surface area (Å²) in [4.78, 5) is 7.79. The number of nitrogens with two attached hydrogens (primary N) is 1. The number of hydrogen-bond acceptors (Lipinski definition) is 6. The van der Waals surface area contributed by atoms with Gasteiger partial charge in [0.1, 0.15) is 5.52 Å². The van der Waals surface area contributed by atoms with Crippen LogP contribution in [0.5, 0.6) is 0 Å². The summed E-state index contributed by atoms with van der Waals surface area (Å²) in [7, 11) is -3.74. The van der Waals surface area contributed by atoms with Crippen LogP contribution in [-0.2, 0) is 15.6 Å². The molecule has 0 bridgehead atoms. The van der Waals surface area contributed by atoms with Gasteiger partial charge in [-0.3, -0.25) is 4.98 Å². The SMILES string of the molecule is Nc1ccc2oc(S(=O)(=O)Cc3ccncc3Cl)nc2c1. The molecule has 0 aliphatic rings. The molecule has 2 N–H and O–H groups in total. The van der Waals surface area contributed by atoms with E-state index in [2.05, 4.69) is 9.97 Å². The molecule has 0 radical (unpaired) electrons. The van der Waals surface area contributed by atoms with Crippen molar-refractivity contribution in [3.05, 3.63) is 47.2 Å². The molecular formula is C13H10ClN3O3S. The fraction of sp³-hybridized carbons (Fsp3) is 0.0769. The molecular weight excluding hydrogens is 314 g/mol. The Morgan fingerprint density at radius 3 is 2.86 bits per heavy atom. The standard InChI is InChI=1S/C13H10ClN3O3S/c14-10-6-16-4-3-8(10)7-21(18,19)13-17-11-5-9(15)1-2-12(11)20-13/h1-6H,7,15H2. The quantitative estimate of drug-likeness (QED) is 0.743. The Hall–Kier alpha value is -2.12. The predicted octanol–water partition coefficient (Wildman–Crippen LogP) is 2.43. The fourth-order valence-electron chi connectivity index (χ4n) is 1.84. The van der Waals surface area contributed by atoms with Gasteiger partial charge in [-0.15, -0.1) is 0 Å². The van der Waals surface area contributed by atoms with Gasteiger partial charge in [-0.2, -0.15) is 4.98 Å². The van der Waals surface area contributed by atoms with Crippen molar-refractivity contribution in [1.82, 2.24) is 9.97 Å². The number of anilines is 1. The Kier molecular flexibility index (Phi) is 3.30. The smallest absolute Gasteiger partial charge is 0.316 e. The summed E-state index contributed by atoms with van der Waals surface area (Å²) >= 11 is 5.92. The van der Waals surface area contributed by atoms with E-state index in [0.717, 1.165) is 0 Å². The molecule has 0 fully saturated rings. The fourth-order valence-corrected chi connectivity index (χ4v) is 3.35. The van der Waals surface area contributed by atoms with Crippen molar-refractivity contribution in [3.8, 4) is 0 Å². The molecule has 2 aromatic heterocycles. The predicted molar refractivity (Wildman–Crippen MR) is 78.6 cm³/mol. The van der Waals surface area contributed by atoms with Gasteiger partial charge in [0.15, 0.2) is 5.58 Å². The van der Waals surface area contributed by atoms with Gasteiger partial charge in [-0.1, -0.05) is 11.6 Å². The van der Waals surface area contributed by atoms with Crippen LogP contribution in [0.3, 0.4) is 0 Å². The van der Waals surface area contributed by atoms with E-state index >= 15 is 0 Å². The Morgan fingerprint density at radius 2 is 2.10 bits per heavy atom. The van der Waals surface area contributed by atoms with E-state index in [1.54, 1.807) is 24.3 Å². The van der Waals surface area contributed by atoms with E-state index < -0.39 is 9.84 Å². The molecule has 3 rings (SSSR count). The lowest BCUT2D eigenvalue weighted by molar-refractivity contribution is 0.458. The second-order valence-electron chi connectivity index (χ2n) is 4.43. The van der Waals surface area contributed by atoms with E-state index in [-0.39, 0.29) is 16.0 Å². The molecule has 0 aliphatic carbocycles. The van der Waals surface area contributed by atoms with Crippen LogP contribution in [0.4, 0.5) is 5.69 Å². The maximum Gasteiger partial charge on any atom is 0.316 e. The van der Waals surface area contributed by atoms with Crippen molar-refractivity contribution in [2.24, 2.45) is 0 Å². The van der Waals surface area contributed by atoms with E-state index in [4.69, 9.17) is 21.8 Å². The maximum absolute atomic E-state index is 12.3. The van der Waals surface area contributed by atoms with Gasteiger partial charge in [0.25, 0.3) is 0 Å². The molecule has 0 saturated carbocycles. The molecule has 0 amide bonds. The third kappa shape index (κ3) is 2.70. The van der Waals surface area contributed by atoms with E-state index in [1.165, 1.54) is 12.4 Å². The lowest BCUT2D eigenvalue weighted by atomic mass is 10.3. The van der Waals surface area contributed by atoms with Gasteiger partial charge in [0, 0.05) is 18.1 Å². The van der Waals surface area contributed by atoms with Crippen LogP contribution >= 0.6 is 11.6 Å². The summed E-state index contributed by atoms with van der Waals surface area (Å²) < 4.78 is 30.0. The van der Waals surface area contributed by atoms with Crippen LogP contribution in [-0.4, -0.2) is 18.4 Å². The number of nitrogen functional groups attached to an aromatic ring is 1. The Morgan fingerprint density at radius 1 is 1.29 bits per heavy atom. The number of sulfone groups is 1. The first kappa shape index (κ1) is 13.8. The van der Waals surface area contributed by atoms with Gasteiger partial charge in [-0.25, -0.2) is 8.42 Å². The van der Waals surface area contributed by atoms with Crippen LogP contribution in [0, 0.1) is 0 Å². The highest BCUT2D eigenvalue weighted by Gasteiger charge is 2.23. The molecule has 1 aromatic carbocycles. The van der Waals surface area contributed by atoms with Crippen LogP contribution in [0.15, 0.2) is 46.3 Å². The van der Waals surface area contributed by atoms with E-state index in [1.807, 2.05) is 0 Å². The molecule has 3 aromatic rings. The van der Waals surface area contributed by atoms with Gasteiger partial charge in [0.2, 0.25) is 9.84 Å². The van der Waals surface area contributed by atoms with Crippen molar-refractivity contribution in [2.45, 2.75) is 11.0 Å². The zero-order chi connectivity index (χ0) is 15.0. The molecule has 2 heterocycles. The average Bonchev–Trinajstić information content (AvgIpc) is 2.85. The average molecular weight is 324 g/mol. The summed E-state index contributed by atoms with van der Waals surface area (Å²) in [5, 5.41) is -0.0718. The number of pyridine rings is 1. The Labute approximate surface area is 125 Å².